The van der Waals surface area contributed by atoms with Crippen LogP contribution < -0.4 is 27.4 Å². The molecule has 1 saturated heterocycles. The predicted octanol–water partition coefficient (Wildman–Crippen LogP) is 5.28. The van der Waals surface area contributed by atoms with Gasteiger partial charge >= 0.3 is 6.09 Å². The highest BCUT2D eigenvalue weighted by Crippen LogP contribution is 2.18. The van der Waals surface area contributed by atoms with Crippen LogP contribution in [0.3, 0.4) is 0 Å². The molecule has 2 fully saturated rings. The fourth-order valence-electron chi connectivity index (χ4n) is 4.38. The molecular weight excluding hydrogens is 521 g/mol. The number of ether oxygens (including phenoxy) is 1. The highest BCUT2D eigenvalue weighted by Gasteiger charge is 2.23. The van der Waals surface area contributed by atoms with Crippen LogP contribution in [0.15, 0.2) is 23.2 Å². The highest BCUT2D eigenvalue weighted by molar-refractivity contribution is 5.67. The minimum absolute atomic E-state index is 0.179. The number of benzene rings is 1. The molecule has 1 aromatic rings. The molecule has 1 amide bonds. The number of nitrogens with zero attached hydrogens (tertiary/aromatic N) is 3. The van der Waals surface area contributed by atoms with Crippen LogP contribution >= 0.6 is 0 Å². The zero-order chi connectivity index (χ0) is 31.0. The molecule has 1 aromatic carbocycles. The lowest BCUT2D eigenvalue weighted by Gasteiger charge is -2.31. The van der Waals surface area contributed by atoms with E-state index >= 15 is 0 Å². The van der Waals surface area contributed by atoms with Gasteiger partial charge in [-0.1, -0.05) is 45.6 Å². The van der Waals surface area contributed by atoms with Crippen molar-refractivity contribution < 1.29 is 13.9 Å². The minimum atomic E-state index is -0.207. The number of amides is 1. The Morgan fingerprint density at radius 2 is 1.78 bits per heavy atom. The Hall–Kier alpha value is -2.71. The number of terminal acetylenes is 1. The van der Waals surface area contributed by atoms with Crippen molar-refractivity contribution in [1.29, 1.82) is 0 Å². The van der Waals surface area contributed by atoms with Crippen LogP contribution in [0, 0.1) is 25.6 Å². The first-order valence-electron chi connectivity index (χ1n) is 14.9. The van der Waals surface area contributed by atoms with Crippen molar-refractivity contribution in [3.8, 4) is 12.8 Å². The summed E-state index contributed by atoms with van der Waals surface area (Å²) in [4.78, 5) is 17.1. The van der Waals surface area contributed by atoms with E-state index in [1.54, 1.807) is 22.9 Å². The lowest BCUT2D eigenvalue weighted by atomic mass is 10.1. The van der Waals surface area contributed by atoms with Crippen molar-refractivity contribution in [2.24, 2.45) is 16.7 Å². The summed E-state index contributed by atoms with van der Waals surface area (Å²) in [7, 11) is 0. The van der Waals surface area contributed by atoms with Crippen LogP contribution in [0.1, 0.15) is 90.5 Å². The molecule has 41 heavy (non-hydrogen) atoms. The van der Waals surface area contributed by atoms with Crippen LogP contribution in [0.4, 0.5) is 14.9 Å². The van der Waals surface area contributed by atoms with Gasteiger partial charge in [0.15, 0.2) is 0 Å². The number of anilines is 1. The molecule has 1 aliphatic carbocycles. The Balaban J connectivity index is 0.000000586. The third kappa shape index (κ3) is 16.4. The van der Waals surface area contributed by atoms with E-state index in [0.717, 1.165) is 44.5 Å². The first kappa shape index (κ1) is 38.3. The Morgan fingerprint density at radius 3 is 2.27 bits per heavy atom. The van der Waals surface area contributed by atoms with Crippen molar-refractivity contribution in [2.75, 3.05) is 31.4 Å². The molecule has 1 heterocycles. The summed E-state index contributed by atoms with van der Waals surface area (Å²) in [5.74, 6) is 11.0. The molecule has 1 atom stereocenters. The summed E-state index contributed by atoms with van der Waals surface area (Å²) in [5.41, 5.74) is 4.21. The van der Waals surface area contributed by atoms with Gasteiger partial charge in [0.2, 0.25) is 0 Å². The van der Waals surface area contributed by atoms with Gasteiger partial charge < -0.3 is 14.6 Å². The molecule has 10 heteroatoms. The van der Waals surface area contributed by atoms with Gasteiger partial charge in [-0.05, 0) is 76.8 Å². The Kier molecular flexibility index (Phi) is 22.4. The lowest BCUT2D eigenvalue weighted by Crippen LogP contribution is -2.45. The molecule has 6 N–H and O–H groups in total. The number of hydrazine groups is 2. The second-order valence-corrected chi connectivity index (χ2v) is 10.4. The Labute approximate surface area is 248 Å². The van der Waals surface area contributed by atoms with E-state index in [2.05, 4.69) is 42.2 Å². The summed E-state index contributed by atoms with van der Waals surface area (Å²) in [6.07, 6.45) is 19.6. The average Bonchev–Trinajstić information content (AvgIpc) is 3.30. The van der Waals surface area contributed by atoms with Crippen LogP contribution in [-0.4, -0.2) is 62.2 Å². The number of likely N-dealkylation sites (tertiary alicyclic amines) is 1. The van der Waals surface area contributed by atoms with Gasteiger partial charge in [0.25, 0.3) is 0 Å². The van der Waals surface area contributed by atoms with Crippen molar-refractivity contribution in [3.63, 3.8) is 0 Å². The molecular formula is C31H56FN7O2. The van der Waals surface area contributed by atoms with E-state index in [1.165, 1.54) is 44.6 Å². The number of piperidine rings is 1. The van der Waals surface area contributed by atoms with E-state index in [9.17, 15) is 9.18 Å². The maximum absolute atomic E-state index is 13.2. The third-order valence-electron chi connectivity index (χ3n) is 7.28. The van der Waals surface area contributed by atoms with Gasteiger partial charge in [-0.15, -0.1) is 12.8 Å². The Morgan fingerprint density at radius 1 is 1.17 bits per heavy atom. The molecule has 1 aliphatic heterocycles. The molecule has 234 valence electrons. The lowest BCUT2D eigenvalue weighted by molar-refractivity contribution is 0.0910. The van der Waals surface area contributed by atoms with Crippen molar-refractivity contribution in [3.05, 3.63) is 29.6 Å². The van der Waals surface area contributed by atoms with Crippen molar-refractivity contribution in [1.82, 2.24) is 15.6 Å². The molecule has 1 unspecified atom stereocenters. The number of aliphatic imine (C=N–C) groups is 1. The van der Waals surface area contributed by atoms with Crippen molar-refractivity contribution in [2.45, 2.75) is 110 Å². The van der Waals surface area contributed by atoms with E-state index in [4.69, 9.17) is 16.4 Å². The standard InChI is InChI=1S/C11H17FN2.C11H21N3O2.C7H16N2.C2H2/c1-4-9(3)14(13)10-6-5-8(2)11(12)7-10;1-3-8-16-11(15)14-6-4-10(5-7-14)13-9-12-2;8-9-7-5-3-1-2-4-6-7;1-2/h5-7,9H,4,13H2,1-3H3;10,13H,2-9H2,1H3;7,9H,1-6,8H2;1-2H. The summed E-state index contributed by atoms with van der Waals surface area (Å²) in [5, 5.41) is 4.87. The van der Waals surface area contributed by atoms with Crippen LogP contribution in [0.25, 0.3) is 0 Å². The van der Waals surface area contributed by atoms with Gasteiger partial charge in [-0.3, -0.25) is 21.6 Å². The zero-order valence-electron chi connectivity index (χ0n) is 25.9. The number of aryl methyl sites for hydroxylation is 1. The van der Waals surface area contributed by atoms with Gasteiger partial charge in [0.1, 0.15) is 5.82 Å². The summed E-state index contributed by atoms with van der Waals surface area (Å²) >= 11 is 0. The first-order valence-corrected chi connectivity index (χ1v) is 14.9. The van der Waals surface area contributed by atoms with Gasteiger partial charge in [-0.25, -0.2) is 15.0 Å². The zero-order valence-corrected chi connectivity index (χ0v) is 25.9. The SMILES string of the molecule is C#C.C=NCNC1CCN(C(=O)OCCC)CC1.CCC(C)N(N)c1ccc(C)c(F)c1.NNC1CCCCCC1. The first-order chi connectivity index (χ1) is 19.8. The second kappa shape index (κ2) is 23.9. The fraction of sp³-hybridized carbons (Fsp3) is 0.677. The van der Waals surface area contributed by atoms with E-state index in [1.807, 2.05) is 19.9 Å². The smallest absolute Gasteiger partial charge is 0.409 e. The predicted molar refractivity (Wildman–Crippen MR) is 170 cm³/mol. The van der Waals surface area contributed by atoms with Gasteiger partial charge in [-0.2, -0.15) is 0 Å². The molecule has 0 aromatic heterocycles. The molecule has 0 radical (unpaired) electrons. The van der Waals surface area contributed by atoms with Crippen LogP contribution in [0.2, 0.25) is 0 Å². The number of nitrogens with one attached hydrogen (secondary N) is 2. The molecule has 0 spiro atoms. The number of carbonyl (C=O) groups is 1. The molecule has 3 rings (SSSR count). The summed E-state index contributed by atoms with van der Waals surface area (Å²) in [6.45, 7) is 13.8. The quantitative estimate of drug-likeness (QED) is 0.104. The normalized spacial score (nSPS) is 16.3. The molecule has 1 saturated carbocycles. The molecule has 2 aliphatic rings. The number of hydrogen-bond donors (Lipinski definition) is 4. The summed E-state index contributed by atoms with van der Waals surface area (Å²) in [6, 6.07) is 6.32. The molecule has 9 nitrogen and oxygen atoms in total. The second-order valence-electron chi connectivity index (χ2n) is 10.4. The topological polar surface area (TPSA) is 121 Å². The van der Waals surface area contributed by atoms with Crippen LogP contribution in [0.5, 0.6) is 0 Å². The van der Waals surface area contributed by atoms with E-state index in [-0.39, 0.29) is 18.0 Å². The van der Waals surface area contributed by atoms with Gasteiger partial charge in [0.05, 0.1) is 19.0 Å². The van der Waals surface area contributed by atoms with Crippen LogP contribution in [-0.2, 0) is 4.74 Å². The number of rotatable bonds is 9. The van der Waals surface area contributed by atoms with E-state index in [0.29, 0.717) is 30.9 Å². The number of carbonyl (C=O) groups excluding carboxylic acids is 1. The minimum Gasteiger partial charge on any atom is -0.449 e. The van der Waals surface area contributed by atoms with Gasteiger partial charge in [0, 0.05) is 31.2 Å². The average molecular weight is 578 g/mol. The highest BCUT2D eigenvalue weighted by atomic mass is 19.1. The molecule has 0 bridgehead atoms. The maximum Gasteiger partial charge on any atom is 0.409 e. The number of halogens is 1. The fourth-order valence-corrected chi connectivity index (χ4v) is 4.38. The monoisotopic (exact) mass is 577 g/mol. The summed E-state index contributed by atoms with van der Waals surface area (Å²) < 4.78 is 18.3. The largest absolute Gasteiger partial charge is 0.449 e. The number of nitrogens with two attached hydrogens (primary N) is 2. The third-order valence-corrected chi connectivity index (χ3v) is 7.28. The van der Waals surface area contributed by atoms with E-state index < -0.39 is 0 Å². The Bertz CT molecular complexity index is 839. The maximum atomic E-state index is 13.2. The number of hydrogen-bond acceptors (Lipinski definition) is 8. The van der Waals surface area contributed by atoms with Crippen molar-refractivity contribution >= 4 is 18.5 Å².